The summed E-state index contributed by atoms with van der Waals surface area (Å²) in [7, 11) is 0. The van der Waals surface area contributed by atoms with Crippen molar-refractivity contribution in [2.24, 2.45) is 5.73 Å². The van der Waals surface area contributed by atoms with Gasteiger partial charge in [0.25, 0.3) is 5.56 Å². The van der Waals surface area contributed by atoms with E-state index in [0.717, 1.165) is 22.0 Å². The van der Waals surface area contributed by atoms with E-state index in [1.165, 1.54) is 0 Å². The van der Waals surface area contributed by atoms with Gasteiger partial charge in [0.2, 0.25) is 0 Å². The maximum atomic E-state index is 12.1. The van der Waals surface area contributed by atoms with E-state index in [2.05, 4.69) is 15.0 Å². The molecule has 20 heavy (non-hydrogen) atoms. The van der Waals surface area contributed by atoms with Crippen LogP contribution in [0.3, 0.4) is 0 Å². The Kier molecular flexibility index (Phi) is 2.99. The third-order valence-electron chi connectivity index (χ3n) is 3.51. The van der Waals surface area contributed by atoms with Gasteiger partial charge < -0.3 is 10.7 Å². The highest BCUT2D eigenvalue weighted by atomic mass is 16.1. The lowest BCUT2D eigenvalue weighted by Gasteiger charge is -2.07. The first-order valence-corrected chi connectivity index (χ1v) is 6.60. The number of aromatic nitrogens is 3. The summed E-state index contributed by atoms with van der Waals surface area (Å²) >= 11 is 0. The van der Waals surface area contributed by atoms with Crippen LogP contribution in [0.4, 0.5) is 0 Å². The highest BCUT2D eigenvalue weighted by molar-refractivity contribution is 5.94. The van der Waals surface area contributed by atoms with Gasteiger partial charge in [0.15, 0.2) is 5.65 Å². The van der Waals surface area contributed by atoms with Gasteiger partial charge in [-0.1, -0.05) is 12.1 Å². The van der Waals surface area contributed by atoms with Crippen LogP contribution in [0.15, 0.2) is 23.0 Å². The van der Waals surface area contributed by atoms with E-state index in [9.17, 15) is 4.79 Å². The number of aromatic amines is 1. The van der Waals surface area contributed by atoms with Crippen molar-refractivity contribution in [2.45, 2.75) is 20.3 Å². The molecule has 0 amide bonds. The Bertz CT molecular complexity index is 867. The Labute approximate surface area is 115 Å². The molecular weight excluding hydrogens is 252 g/mol. The number of nitrogens with zero attached hydrogens (tertiary/aromatic N) is 2. The third kappa shape index (κ3) is 1.96. The van der Waals surface area contributed by atoms with Crippen LogP contribution >= 0.6 is 0 Å². The van der Waals surface area contributed by atoms with E-state index in [-0.39, 0.29) is 5.56 Å². The second-order valence-corrected chi connectivity index (χ2v) is 5.01. The van der Waals surface area contributed by atoms with Crippen LogP contribution < -0.4 is 11.3 Å². The van der Waals surface area contributed by atoms with Gasteiger partial charge in [-0.15, -0.1) is 0 Å². The van der Waals surface area contributed by atoms with E-state index < -0.39 is 0 Å². The predicted octanol–water partition coefficient (Wildman–Crippen LogP) is 1.59. The first-order valence-electron chi connectivity index (χ1n) is 6.60. The molecule has 0 radical (unpaired) electrons. The second-order valence-electron chi connectivity index (χ2n) is 5.01. The summed E-state index contributed by atoms with van der Waals surface area (Å²) < 4.78 is 0. The summed E-state index contributed by atoms with van der Waals surface area (Å²) in [4.78, 5) is 23.9. The van der Waals surface area contributed by atoms with Crippen molar-refractivity contribution < 1.29 is 0 Å². The van der Waals surface area contributed by atoms with Crippen LogP contribution in [-0.2, 0) is 6.42 Å². The SMILES string of the molecule is Cc1ccc(C)c2nc3nc(CCN)[nH]c(=O)c3cc12. The van der Waals surface area contributed by atoms with E-state index in [4.69, 9.17) is 5.73 Å². The molecule has 0 saturated heterocycles. The van der Waals surface area contributed by atoms with Crippen molar-refractivity contribution in [3.05, 3.63) is 45.5 Å². The van der Waals surface area contributed by atoms with Gasteiger partial charge >= 0.3 is 0 Å². The van der Waals surface area contributed by atoms with Gasteiger partial charge in [-0.2, -0.15) is 0 Å². The van der Waals surface area contributed by atoms with Crippen LogP contribution in [0, 0.1) is 13.8 Å². The number of rotatable bonds is 2. The number of nitrogens with one attached hydrogen (secondary N) is 1. The summed E-state index contributed by atoms with van der Waals surface area (Å²) in [5.41, 5.74) is 8.91. The largest absolute Gasteiger partial charge is 0.330 e. The standard InChI is InChI=1S/C15H16N4O/c1-8-3-4-9(2)13-10(8)7-11-14(19-13)17-12(5-6-16)18-15(11)20/h3-4,7H,5-6,16H2,1-2H3,(H,17,18,19,20). The zero-order valence-corrected chi connectivity index (χ0v) is 11.5. The summed E-state index contributed by atoms with van der Waals surface area (Å²) in [6.07, 6.45) is 0.539. The van der Waals surface area contributed by atoms with Crippen LogP contribution in [0.25, 0.3) is 21.9 Å². The summed E-state index contributed by atoms with van der Waals surface area (Å²) in [5.74, 6) is 0.585. The smallest absolute Gasteiger partial charge is 0.260 e. The highest BCUT2D eigenvalue weighted by Crippen LogP contribution is 2.22. The number of aryl methyl sites for hydroxylation is 2. The molecule has 1 aromatic carbocycles. The van der Waals surface area contributed by atoms with Crippen molar-refractivity contribution in [2.75, 3.05) is 6.54 Å². The van der Waals surface area contributed by atoms with Crippen molar-refractivity contribution in [1.29, 1.82) is 0 Å². The van der Waals surface area contributed by atoms with E-state index >= 15 is 0 Å². The monoisotopic (exact) mass is 268 g/mol. The molecule has 5 heteroatoms. The Morgan fingerprint density at radius 1 is 1.15 bits per heavy atom. The van der Waals surface area contributed by atoms with Crippen molar-refractivity contribution in [3.8, 4) is 0 Å². The van der Waals surface area contributed by atoms with Gasteiger partial charge in [-0.3, -0.25) is 4.79 Å². The fraction of sp³-hybridized carbons (Fsp3) is 0.267. The second kappa shape index (κ2) is 4.68. The minimum Gasteiger partial charge on any atom is -0.330 e. The number of nitrogens with two attached hydrogens (primary N) is 1. The third-order valence-corrected chi connectivity index (χ3v) is 3.51. The lowest BCUT2D eigenvalue weighted by Crippen LogP contribution is -2.15. The Balaban J connectivity index is 2.42. The quantitative estimate of drug-likeness (QED) is 0.691. The number of benzene rings is 1. The fourth-order valence-electron chi connectivity index (χ4n) is 2.39. The summed E-state index contributed by atoms with van der Waals surface area (Å²) in [5, 5.41) is 1.52. The molecule has 0 aliphatic carbocycles. The number of hydrogen-bond donors (Lipinski definition) is 2. The first kappa shape index (κ1) is 12.7. The number of fused-ring (bicyclic) bond motifs is 2. The Hall–Kier alpha value is -2.27. The van der Waals surface area contributed by atoms with Gasteiger partial charge in [0.05, 0.1) is 10.9 Å². The summed E-state index contributed by atoms with van der Waals surface area (Å²) in [6.45, 7) is 4.47. The molecule has 3 rings (SSSR count). The molecule has 102 valence electrons. The molecule has 0 bridgehead atoms. The molecule has 5 nitrogen and oxygen atoms in total. The van der Waals surface area contributed by atoms with E-state index in [0.29, 0.717) is 29.8 Å². The molecule has 0 unspecified atom stereocenters. The predicted molar refractivity (Wildman–Crippen MR) is 79.9 cm³/mol. The van der Waals surface area contributed by atoms with Gasteiger partial charge in [-0.25, -0.2) is 9.97 Å². The number of pyridine rings is 1. The van der Waals surface area contributed by atoms with E-state index in [1.807, 2.05) is 32.0 Å². The van der Waals surface area contributed by atoms with Crippen LogP contribution in [0.2, 0.25) is 0 Å². The van der Waals surface area contributed by atoms with Crippen molar-refractivity contribution in [3.63, 3.8) is 0 Å². The zero-order chi connectivity index (χ0) is 14.3. The summed E-state index contributed by atoms with van der Waals surface area (Å²) in [6, 6.07) is 5.94. The molecule has 0 aliphatic heterocycles. The average Bonchev–Trinajstić information content (AvgIpc) is 2.42. The zero-order valence-electron chi connectivity index (χ0n) is 11.5. The highest BCUT2D eigenvalue weighted by Gasteiger charge is 2.09. The van der Waals surface area contributed by atoms with Gasteiger partial charge in [0, 0.05) is 11.8 Å². The molecule has 0 atom stereocenters. The molecule has 3 aromatic rings. The minimum atomic E-state index is -0.159. The Morgan fingerprint density at radius 3 is 2.65 bits per heavy atom. The number of H-pyrrole nitrogens is 1. The molecule has 0 fully saturated rings. The van der Waals surface area contributed by atoms with E-state index in [1.54, 1.807) is 0 Å². The lowest BCUT2D eigenvalue weighted by atomic mass is 10.0. The molecular formula is C15H16N4O. The first-order chi connectivity index (χ1) is 9.60. The molecule has 3 N–H and O–H groups in total. The lowest BCUT2D eigenvalue weighted by molar-refractivity contribution is 0.867. The van der Waals surface area contributed by atoms with Crippen molar-refractivity contribution >= 4 is 21.9 Å². The normalized spacial score (nSPS) is 11.3. The van der Waals surface area contributed by atoms with Crippen LogP contribution in [0.1, 0.15) is 17.0 Å². The van der Waals surface area contributed by atoms with Gasteiger partial charge in [0.1, 0.15) is 5.82 Å². The topological polar surface area (TPSA) is 84.7 Å². The minimum absolute atomic E-state index is 0.159. The Morgan fingerprint density at radius 2 is 1.90 bits per heavy atom. The number of hydrogen-bond acceptors (Lipinski definition) is 4. The van der Waals surface area contributed by atoms with Gasteiger partial charge in [-0.05, 0) is 37.6 Å². The molecule has 0 saturated carbocycles. The molecule has 2 aromatic heterocycles. The molecule has 0 aliphatic rings. The molecule has 0 spiro atoms. The maximum Gasteiger partial charge on any atom is 0.260 e. The van der Waals surface area contributed by atoms with Crippen molar-refractivity contribution in [1.82, 2.24) is 15.0 Å². The molecule has 2 heterocycles. The van der Waals surface area contributed by atoms with Crippen LogP contribution in [0.5, 0.6) is 0 Å². The van der Waals surface area contributed by atoms with Crippen LogP contribution in [-0.4, -0.2) is 21.5 Å². The maximum absolute atomic E-state index is 12.1. The fourth-order valence-corrected chi connectivity index (χ4v) is 2.39. The average molecular weight is 268 g/mol.